The van der Waals surface area contributed by atoms with Gasteiger partial charge in [-0.1, -0.05) is 12.1 Å². The van der Waals surface area contributed by atoms with Crippen LogP contribution in [0, 0.1) is 0 Å². The van der Waals surface area contributed by atoms with E-state index in [1.807, 2.05) is 12.1 Å². The Morgan fingerprint density at radius 2 is 1.88 bits per heavy atom. The molecule has 0 radical (unpaired) electrons. The van der Waals surface area contributed by atoms with Gasteiger partial charge in [0, 0.05) is 29.4 Å². The Bertz CT molecular complexity index is 930. The van der Waals surface area contributed by atoms with Gasteiger partial charge in [-0.15, -0.1) is 0 Å². The Balaban J connectivity index is 2.08. The summed E-state index contributed by atoms with van der Waals surface area (Å²) in [6.45, 7) is 0. The van der Waals surface area contributed by atoms with E-state index in [2.05, 4.69) is 4.98 Å². The Labute approximate surface area is 147 Å². The molecule has 2 aromatic carbocycles. The lowest BCUT2D eigenvalue weighted by molar-refractivity contribution is -0.137. The quantitative estimate of drug-likeness (QED) is 0.714. The third-order valence-corrected chi connectivity index (χ3v) is 4.34. The van der Waals surface area contributed by atoms with Crippen molar-refractivity contribution in [2.24, 2.45) is 5.73 Å². The highest BCUT2D eigenvalue weighted by molar-refractivity contribution is 5.87. The molecule has 136 valence electrons. The summed E-state index contributed by atoms with van der Waals surface area (Å²) in [7, 11) is 1.55. The minimum absolute atomic E-state index is 0.0183. The Morgan fingerprint density at radius 3 is 2.46 bits per heavy atom. The van der Waals surface area contributed by atoms with Crippen LogP contribution in [-0.2, 0) is 11.0 Å². The average Bonchev–Trinajstić information content (AvgIpc) is 3.01. The molecule has 0 spiro atoms. The van der Waals surface area contributed by atoms with Gasteiger partial charge in [-0.3, -0.25) is 4.79 Å². The highest BCUT2D eigenvalue weighted by Gasteiger charge is 2.30. The number of aromatic nitrogens is 1. The monoisotopic (exact) mass is 362 g/mol. The first-order valence-corrected chi connectivity index (χ1v) is 7.90. The van der Waals surface area contributed by atoms with Crippen molar-refractivity contribution >= 4 is 16.8 Å². The van der Waals surface area contributed by atoms with Crippen LogP contribution in [0.3, 0.4) is 0 Å². The molecule has 0 aliphatic carbocycles. The number of methoxy groups -OCH3 is 1. The van der Waals surface area contributed by atoms with Crippen LogP contribution >= 0.6 is 0 Å². The Kier molecular flexibility index (Phi) is 4.63. The number of nitrogens with one attached hydrogen (secondary N) is 1. The molecule has 0 saturated heterocycles. The van der Waals surface area contributed by atoms with E-state index < -0.39 is 23.6 Å². The van der Waals surface area contributed by atoms with Crippen LogP contribution in [0.15, 0.2) is 48.7 Å². The number of hydrogen-bond donors (Lipinski definition) is 2. The first-order chi connectivity index (χ1) is 12.3. The number of ether oxygens (including phenoxy) is 1. The summed E-state index contributed by atoms with van der Waals surface area (Å²) in [6, 6.07) is 10.2. The summed E-state index contributed by atoms with van der Waals surface area (Å²) in [5.41, 5.74) is 6.84. The van der Waals surface area contributed by atoms with Crippen molar-refractivity contribution in [1.82, 2.24) is 4.98 Å². The van der Waals surface area contributed by atoms with Gasteiger partial charge in [0.2, 0.25) is 5.91 Å². The number of benzene rings is 2. The first kappa shape index (κ1) is 17.8. The molecule has 26 heavy (non-hydrogen) atoms. The van der Waals surface area contributed by atoms with Gasteiger partial charge >= 0.3 is 6.18 Å². The van der Waals surface area contributed by atoms with Gasteiger partial charge in [0.25, 0.3) is 0 Å². The molecule has 3 rings (SSSR count). The predicted molar refractivity (Wildman–Crippen MR) is 91.9 cm³/mol. The molecule has 3 aromatic rings. The van der Waals surface area contributed by atoms with Gasteiger partial charge in [-0.25, -0.2) is 0 Å². The largest absolute Gasteiger partial charge is 0.497 e. The number of hydrogen-bond acceptors (Lipinski definition) is 2. The lowest BCUT2D eigenvalue weighted by Gasteiger charge is -2.17. The van der Waals surface area contributed by atoms with E-state index in [0.717, 1.165) is 28.6 Å². The molecule has 1 aromatic heterocycles. The van der Waals surface area contributed by atoms with Crippen LogP contribution in [0.5, 0.6) is 5.75 Å². The van der Waals surface area contributed by atoms with Crippen LogP contribution in [0.2, 0.25) is 0 Å². The number of primary amides is 1. The fourth-order valence-electron chi connectivity index (χ4n) is 3.05. The van der Waals surface area contributed by atoms with Crippen molar-refractivity contribution < 1.29 is 22.7 Å². The predicted octanol–water partition coefficient (Wildman–Crippen LogP) is 4.20. The van der Waals surface area contributed by atoms with E-state index in [1.165, 1.54) is 12.1 Å². The van der Waals surface area contributed by atoms with E-state index >= 15 is 0 Å². The third-order valence-electron chi connectivity index (χ3n) is 4.34. The molecule has 0 bridgehead atoms. The van der Waals surface area contributed by atoms with Crippen molar-refractivity contribution in [2.45, 2.75) is 18.5 Å². The van der Waals surface area contributed by atoms with Crippen molar-refractivity contribution in [3.63, 3.8) is 0 Å². The van der Waals surface area contributed by atoms with Gasteiger partial charge in [0.1, 0.15) is 5.75 Å². The van der Waals surface area contributed by atoms with Crippen LogP contribution in [0.4, 0.5) is 13.2 Å². The fraction of sp³-hybridized carbons (Fsp3) is 0.211. The van der Waals surface area contributed by atoms with E-state index in [4.69, 9.17) is 10.5 Å². The number of carbonyl (C=O) groups is 1. The summed E-state index contributed by atoms with van der Waals surface area (Å²) < 4.78 is 43.6. The number of amides is 1. The normalized spacial score (nSPS) is 12.9. The minimum atomic E-state index is -4.41. The zero-order chi connectivity index (χ0) is 18.9. The highest BCUT2D eigenvalue weighted by atomic mass is 19.4. The maximum atomic E-state index is 12.8. The standard InChI is InChI=1S/C19H17F3N2O2/c1-26-13-6-7-17-15(8-13)16(10-24-17)14(9-18(23)25)11-2-4-12(5-3-11)19(20,21)22/h2-8,10,14,24H,9H2,1H3,(H2,23,25)/t14-/m0/s1. The molecule has 0 unspecified atom stereocenters. The molecule has 1 atom stereocenters. The van der Waals surface area contributed by atoms with Crippen molar-refractivity contribution in [2.75, 3.05) is 7.11 Å². The van der Waals surface area contributed by atoms with Crippen molar-refractivity contribution in [3.8, 4) is 5.75 Å². The van der Waals surface area contributed by atoms with Crippen LogP contribution in [0.1, 0.15) is 29.0 Å². The van der Waals surface area contributed by atoms with Gasteiger partial charge in [0.05, 0.1) is 12.7 Å². The van der Waals surface area contributed by atoms with E-state index in [0.29, 0.717) is 11.3 Å². The first-order valence-electron chi connectivity index (χ1n) is 7.90. The molecular weight excluding hydrogens is 345 g/mol. The second-order valence-electron chi connectivity index (χ2n) is 6.00. The van der Waals surface area contributed by atoms with Crippen molar-refractivity contribution in [3.05, 3.63) is 65.4 Å². The third kappa shape index (κ3) is 3.51. The van der Waals surface area contributed by atoms with Crippen LogP contribution in [-0.4, -0.2) is 18.0 Å². The molecule has 7 heteroatoms. The SMILES string of the molecule is COc1ccc2[nH]cc([C@@H](CC(N)=O)c3ccc(C(F)(F)F)cc3)c2c1. The fourth-order valence-corrected chi connectivity index (χ4v) is 3.05. The van der Waals surface area contributed by atoms with Gasteiger partial charge in [0.15, 0.2) is 0 Å². The summed E-state index contributed by atoms with van der Waals surface area (Å²) in [6.07, 6.45) is -2.68. The lowest BCUT2D eigenvalue weighted by Crippen LogP contribution is -2.16. The number of nitrogens with two attached hydrogens (primary N) is 1. The second-order valence-corrected chi connectivity index (χ2v) is 6.00. The second kappa shape index (κ2) is 6.74. The Hall–Kier alpha value is -2.96. The highest BCUT2D eigenvalue weighted by Crippen LogP contribution is 2.36. The molecule has 4 nitrogen and oxygen atoms in total. The molecule has 0 fully saturated rings. The number of alkyl halides is 3. The number of rotatable bonds is 5. The number of H-pyrrole nitrogens is 1. The smallest absolute Gasteiger partial charge is 0.416 e. The molecule has 0 saturated carbocycles. The maximum absolute atomic E-state index is 12.8. The topological polar surface area (TPSA) is 68.1 Å². The Morgan fingerprint density at radius 1 is 1.19 bits per heavy atom. The number of aromatic amines is 1. The molecule has 1 heterocycles. The number of carbonyl (C=O) groups excluding carboxylic acids is 1. The van der Waals surface area contributed by atoms with Gasteiger partial charge < -0.3 is 15.5 Å². The van der Waals surface area contributed by atoms with Gasteiger partial charge in [-0.05, 0) is 41.5 Å². The van der Waals surface area contributed by atoms with Crippen molar-refractivity contribution in [1.29, 1.82) is 0 Å². The van der Waals surface area contributed by atoms with E-state index in [-0.39, 0.29) is 6.42 Å². The zero-order valence-electron chi connectivity index (χ0n) is 13.9. The van der Waals surface area contributed by atoms with E-state index in [9.17, 15) is 18.0 Å². The van der Waals surface area contributed by atoms with Crippen LogP contribution < -0.4 is 10.5 Å². The summed E-state index contributed by atoms with van der Waals surface area (Å²) in [4.78, 5) is 14.7. The van der Waals surface area contributed by atoms with E-state index in [1.54, 1.807) is 19.4 Å². The van der Waals surface area contributed by atoms with Gasteiger partial charge in [-0.2, -0.15) is 13.2 Å². The lowest BCUT2D eigenvalue weighted by atomic mass is 9.87. The molecule has 0 aliphatic heterocycles. The molecule has 0 aliphatic rings. The molecule has 3 N–H and O–H groups in total. The summed E-state index contributed by atoms with van der Waals surface area (Å²) >= 11 is 0. The average molecular weight is 362 g/mol. The summed E-state index contributed by atoms with van der Waals surface area (Å²) in [5.74, 6) is -0.355. The molecular formula is C19H17F3N2O2. The number of halogens is 3. The maximum Gasteiger partial charge on any atom is 0.416 e. The number of fused-ring (bicyclic) bond motifs is 1. The minimum Gasteiger partial charge on any atom is -0.497 e. The van der Waals surface area contributed by atoms with Crippen LogP contribution in [0.25, 0.3) is 10.9 Å². The summed E-state index contributed by atoms with van der Waals surface area (Å²) in [5, 5.41) is 0.829. The molecule has 1 amide bonds. The zero-order valence-corrected chi connectivity index (χ0v) is 13.9.